The van der Waals surface area contributed by atoms with Crippen molar-refractivity contribution in [2.75, 3.05) is 14.2 Å². The highest BCUT2D eigenvalue weighted by Crippen LogP contribution is 2.24. The van der Waals surface area contributed by atoms with Crippen LogP contribution in [0.4, 0.5) is 0 Å². The molecule has 0 aliphatic rings. The van der Waals surface area contributed by atoms with Crippen molar-refractivity contribution in [1.82, 2.24) is 4.57 Å². The van der Waals surface area contributed by atoms with Crippen LogP contribution in [0.25, 0.3) is 10.2 Å². The fraction of sp³-hybridized carbons (Fsp3) is 0.211. The SMILES string of the molecule is COC(=O)Cn1c(=NC(=O)c2cc(Cl)ccc2OC)sc2cc(C)ccc21. The van der Waals surface area contributed by atoms with Crippen LogP contribution in [-0.2, 0) is 16.1 Å². The number of carbonyl (C=O) groups excluding carboxylic acids is 2. The van der Waals surface area contributed by atoms with Gasteiger partial charge in [0.15, 0.2) is 4.80 Å². The lowest BCUT2D eigenvalue weighted by molar-refractivity contribution is -0.141. The summed E-state index contributed by atoms with van der Waals surface area (Å²) in [5.41, 5.74) is 2.13. The minimum Gasteiger partial charge on any atom is -0.496 e. The Hall–Kier alpha value is -2.64. The number of carbonyl (C=O) groups is 2. The lowest BCUT2D eigenvalue weighted by Crippen LogP contribution is -2.22. The number of halogens is 1. The Balaban J connectivity index is 2.17. The molecule has 3 aromatic rings. The number of aromatic nitrogens is 1. The number of ether oxygens (including phenoxy) is 2. The monoisotopic (exact) mass is 404 g/mol. The average molecular weight is 405 g/mol. The second-order valence-corrected chi connectivity index (χ2v) is 7.23. The normalized spacial score (nSPS) is 11.6. The Labute approximate surface area is 164 Å². The molecule has 3 rings (SSSR count). The highest BCUT2D eigenvalue weighted by Gasteiger charge is 2.15. The number of rotatable bonds is 4. The van der Waals surface area contributed by atoms with Crippen molar-refractivity contribution >= 4 is 45.0 Å². The van der Waals surface area contributed by atoms with Gasteiger partial charge in [0.2, 0.25) is 0 Å². The van der Waals surface area contributed by atoms with Crippen LogP contribution >= 0.6 is 22.9 Å². The van der Waals surface area contributed by atoms with E-state index in [4.69, 9.17) is 21.1 Å². The van der Waals surface area contributed by atoms with E-state index in [2.05, 4.69) is 4.99 Å². The van der Waals surface area contributed by atoms with Crippen molar-refractivity contribution in [3.05, 3.63) is 57.3 Å². The first kappa shape index (κ1) is 19.1. The molecule has 0 saturated heterocycles. The molecule has 0 aliphatic carbocycles. The van der Waals surface area contributed by atoms with Crippen LogP contribution < -0.4 is 9.54 Å². The van der Waals surface area contributed by atoms with E-state index in [0.29, 0.717) is 15.6 Å². The third-order valence-electron chi connectivity index (χ3n) is 3.94. The van der Waals surface area contributed by atoms with E-state index in [1.54, 1.807) is 16.7 Å². The number of hydrogen-bond acceptors (Lipinski definition) is 5. The van der Waals surface area contributed by atoms with Gasteiger partial charge in [-0.15, -0.1) is 0 Å². The first-order valence-corrected chi connectivity index (χ1v) is 9.21. The summed E-state index contributed by atoms with van der Waals surface area (Å²) in [5.74, 6) is -0.551. The Bertz CT molecular complexity index is 1100. The number of fused-ring (bicyclic) bond motifs is 1. The molecule has 1 amide bonds. The predicted octanol–water partition coefficient (Wildman–Crippen LogP) is 3.59. The average Bonchev–Trinajstić information content (AvgIpc) is 2.97. The largest absolute Gasteiger partial charge is 0.496 e. The maximum atomic E-state index is 12.8. The molecule has 6 nitrogen and oxygen atoms in total. The molecule has 140 valence electrons. The second-order valence-electron chi connectivity index (χ2n) is 5.78. The Morgan fingerprint density at radius 1 is 1.19 bits per heavy atom. The zero-order valence-corrected chi connectivity index (χ0v) is 16.6. The van der Waals surface area contributed by atoms with E-state index in [-0.39, 0.29) is 12.1 Å². The van der Waals surface area contributed by atoms with Gasteiger partial charge in [-0.25, -0.2) is 0 Å². The van der Waals surface area contributed by atoms with Gasteiger partial charge in [0.25, 0.3) is 5.91 Å². The summed E-state index contributed by atoms with van der Waals surface area (Å²) in [4.78, 5) is 29.2. The van der Waals surface area contributed by atoms with Gasteiger partial charge in [-0.2, -0.15) is 4.99 Å². The third-order valence-corrected chi connectivity index (χ3v) is 5.22. The maximum absolute atomic E-state index is 12.8. The number of nitrogens with zero attached hydrogens (tertiary/aromatic N) is 2. The summed E-state index contributed by atoms with van der Waals surface area (Å²) >= 11 is 7.33. The summed E-state index contributed by atoms with van der Waals surface area (Å²) in [6.07, 6.45) is 0. The Morgan fingerprint density at radius 2 is 1.96 bits per heavy atom. The summed E-state index contributed by atoms with van der Waals surface area (Å²) in [6.45, 7) is 1.93. The van der Waals surface area contributed by atoms with Crippen molar-refractivity contribution in [2.24, 2.45) is 4.99 Å². The summed E-state index contributed by atoms with van der Waals surface area (Å²) in [7, 11) is 2.79. The zero-order valence-electron chi connectivity index (χ0n) is 15.0. The van der Waals surface area contributed by atoms with E-state index < -0.39 is 11.9 Å². The molecule has 0 unspecified atom stereocenters. The summed E-state index contributed by atoms with van der Waals surface area (Å²) < 4.78 is 12.6. The minimum absolute atomic E-state index is 0.0433. The second kappa shape index (κ2) is 7.94. The number of amides is 1. The molecule has 27 heavy (non-hydrogen) atoms. The highest BCUT2D eigenvalue weighted by atomic mass is 35.5. The van der Waals surface area contributed by atoms with E-state index >= 15 is 0 Å². The predicted molar refractivity (Wildman–Crippen MR) is 104 cm³/mol. The van der Waals surface area contributed by atoms with Crippen molar-refractivity contribution in [1.29, 1.82) is 0 Å². The van der Waals surface area contributed by atoms with Crippen molar-refractivity contribution in [2.45, 2.75) is 13.5 Å². The van der Waals surface area contributed by atoms with Gasteiger partial charge in [-0.3, -0.25) is 9.59 Å². The molecule has 0 N–H and O–H groups in total. The molecule has 0 aliphatic heterocycles. The van der Waals surface area contributed by atoms with Gasteiger partial charge < -0.3 is 14.0 Å². The van der Waals surface area contributed by atoms with Gasteiger partial charge >= 0.3 is 5.97 Å². The molecular formula is C19H17ClN2O4S. The molecule has 8 heteroatoms. The quantitative estimate of drug-likeness (QED) is 0.623. The molecule has 1 aromatic heterocycles. The van der Waals surface area contributed by atoms with E-state index in [1.165, 1.54) is 31.6 Å². The number of aryl methyl sites for hydroxylation is 1. The molecule has 1 heterocycles. The highest BCUT2D eigenvalue weighted by molar-refractivity contribution is 7.16. The van der Waals surface area contributed by atoms with Crippen molar-refractivity contribution in [3.8, 4) is 5.75 Å². The standard InChI is InChI=1S/C19H17ClN2O4S/c1-11-4-6-14-16(8-11)27-19(22(14)10-17(23)26-3)21-18(24)13-9-12(20)5-7-15(13)25-2/h4-9H,10H2,1-3H3. The van der Waals surface area contributed by atoms with Crippen LogP contribution in [0.5, 0.6) is 5.75 Å². The Kier molecular flexibility index (Phi) is 5.62. The third kappa shape index (κ3) is 4.04. The fourth-order valence-corrected chi connectivity index (χ4v) is 3.90. The van der Waals surface area contributed by atoms with E-state index in [1.807, 2.05) is 25.1 Å². The van der Waals surface area contributed by atoms with Gasteiger partial charge in [0.1, 0.15) is 12.3 Å². The number of esters is 1. The molecule has 0 spiro atoms. The summed E-state index contributed by atoms with van der Waals surface area (Å²) in [5, 5.41) is 0.406. The molecule has 2 aromatic carbocycles. The van der Waals surface area contributed by atoms with Crippen molar-refractivity contribution in [3.63, 3.8) is 0 Å². The topological polar surface area (TPSA) is 69.9 Å². The van der Waals surface area contributed by atoms with Crippen LogP contribution in [0.1, 0.15) is 15.9 Å². The molecule has 0 atom stereocenters. The summed E-state index contributed by atoms with van der Waals surface area (Å²) in [6, 6.07) is 10.6. The zero-order chi connectivity index (χ0) is 19.6. The fourth-order valence-electron chi connectivity index (χ4n) is 2.61. The van der Waals surface area contributed by atoms with Gasteiger partial charge in [-0.05, 0) is 42.8 Å². The number of methoxy groups -OCH3 is 2. The van der Waals surface area contributed by atoms with Gasteiger partial charge in [0, 0.05) is 5.02 Å². The smallest absolute Gasteiger partial charge is 0.325 e. The van der Waals surface area contributed by atoms with Crippen LogP contribution in [0.2, 0.25) is 5.02 Å². The van der Waals surface area contributed by atoms with Crippen LogP contribution in [-0.4, -0.2) is 30.7 Å². The molecule has 0 saturated carbocycles. The number of benzene rings is 2. The lowest BCUT2D eigenvalue weighted by Gasteiger charge is -2.06. The van der Waals surface area contributed by atoms with Gasteiger partial charge in [0.05, 0.1) is 30.0 Å². The maximum Gasteiger partial charge on any atom is 0.325 e. The van der Waals surface area contributed by atoms with E-state index in [9.17, 15) is 9.59 Å². The Morgan fingerprint density at radius 3 is 2.67 bits per heavy atom. The minimum atomic E-state index is -0.503. The molecule has 0 fully saturated rings. The lowest BCUT2D eigenvalue weighted by atomic mass is 10.2. The first-order chi connectivity index (χ1) is 12.9. The van der Waals surface area contributed by atoms with Crippen LogP contribution in [0, 0.1) is 6.92 Å². The molecule has 0 radical (unpaired) electrons. The van der Waals surface area contributed by atoms with Crippen LogP contribution in [0.3, 0.4) is 0 Å². The van der Waals surface area contributed by atoms with Crippen molar-refractivity contribution < 1.29 is 19.1 Å². The number of hydrogen-bond donors (Lipinski definition) is 0. The molecular weight excluding hydrogens is 388 g/mol. The number of thiazole rings is 1. The molecule has 0 bridgehead atoms. The van der Waals surface area contributed by atoms with Gasteiger partial charge in [-0.1, -0.05) is 29.0 Å². The first-order valence-electron chi connectivity index (χ1n) is 8.02. The van der Waals surface area contributed by atoms with E-state index in [0.717, 1.165) is 15.8 Å². The van der Waals surface area contributed by atoms with Crippen LogP contribution in [0.15, 0.2) is 41.4 Å².